The zero-order valence-corrected chi connectivity index (χ0v) is 13.1. The van der Waals surface area contributed by atoms with Crippen LogP contribution in [0.1, 0.15) is 31.7 Å². The van der Waals surface area contributed by atoms with Gasteiger partial charge in [-0.2, -0.15) is 5.10 Å². The summed E-state index contributed by atoms with van der Waals surface area (Å²) in [7, 11) is 1.67. The summed E-state index contributed by atoms with van der Waals surface area (Å²) in [6.45, 7) is 0.317. The lowest BCUT2D eigenvalue weighted by Crippen LogP contribution is -2.20. The molecule has 5 heteroatoms. The molecule has 1 heterocycles. The molecule has 0 atom stereocenters. The molecular formula is C15H19BrN2O2. The number of fused-ring (bicyclic) bond motifs is 1. The van der Waals surface area contributed by atoms with Crippen LogP contribution >= 0.6 is 15.9 Å². The van der Waals surface area contributed by atoms with Crippen molar-refractivity contribution in [3.05, 3.63) is 22.8 Å². The molecule has 20 heavy (non-hydrogen) atoms. The fourth-order valence-electron chi connectivity index (χ4n) is 2.98. The van der Waals surface area contributed by atoms with Crippen molar-refractivity contribution in [2.75, 3.05) is 13.7 Å². The van der Waals surface area contributed by atoms with Crippen LogP contribution in [-0.4, -0.2) is 28.6 Å². The maximum atomic E-state index is 9.21. The van der Waals surface area contributed by atoms with Gasteiger partial charge in [-0.1, -0.05) is 0 Å². The second kappa shape index (κ2) is 5.74. The molecule has 1 aromatic carbocycles. The van der Waals surface area contributed by atoms with Crippen LogP contribution < -0.4 is 4.74 Å². The van der Waals surface area contributed by atoms with Crippen LogP contribution in [0.4, 0.5) is 0 Å². The first-order valence-corrected chi connectivity index (χ1v) is 7.84. The van der Waals surface area contributed by atoms with Gasteiger partial charge in [0, 0.05) is 24.3 Å². The van der Waals surface area contributed by atoms with E-state index in [2.05, 4.69) is 32.9 Å². The molecule has 0 amide bonds. The molecule has 0 radical (unpaired) electrons. The summed E-state index contributed by atoms with van der Waals surface area (Å²) in [5.41, 5.74) is 0.967. The monoisotopic (exact) mass is 338 g/mol. The van der Waals surface area contributed by atoms with E-state index in [0.29, 0.717) is 18.6 Å². The van der Waals surface area contributed by atoms with Gasteiger partial charge < -0.3 is 9.84 Å². The summed E-state index contributed by atoms with van der Waals surface area (Å²) in [5, 5.41) is 15.0. The smallest absolute Gasteiger partial charge is 0.135 e. The fraction of sp³-hybridized carbons (Fsp3) is 0.533. The lowest BCUT2D eigenvalue weighted by Gasteiger charge is -2.27. The number of nitrogens with zero attached hydrogens (tertiary/aromatic N) is 2. The number of benzene rings is 1. The average Bonchev–Trinajstić information content (AvgIpc) is 2.89. The van der Waals surface area contributed by atoms with Crippen molar-refractivity contribution < 1.29 is 9.84 Å². The number of ether oxygens (including phenoxy) is 1. The third-order valence-electron chi connectivity index (χ3n) is 4.24. The Labute approximate surface area is 126 Å². The molecule has 1 aromatic heterocycles. The van der Waals surface area contributed by atoms with Crippen molar-refractivity contribution in [1.82, 2.24) is 9.78 Å². The van der Waals surface area contributed by atoms with E-state index in [4.69, 9.17) is 9.84 Å². The third-order valence-corrected chi connectivity index (χ3v) is 4.86. The molecule has 0 bridgehead atoms. The summed E-state index contributed by atoms with van der Waals surface area (Å²) >= 11 is 3.51. The topological polar surface area (TPSA) is 47.3 Å². The Kier molecular flexibility index (Phi) is 3.98. The molecule has 1 saturated carbocycles. The Balaban J connectivity index is 1.86. The Bertz CT molecular complexity index is 603. The Morgan fingerprint density at radius 1 is 1.35 bits per heavy atom. The summed E-state index contributed by atoms with van der Waals surface area (Å²) in [6.07, 6.45) is 6.48. The fourth-order valence-corrected chi connectivity index (χ4v) is 3.50. The maximum absolute atomic E-state index is 9.21. The number of methoxy groups -OCH3 is 1. The second-order valence-electron chi connectivity index (χ2n) is 5.51. The molecule has 108 valence electrons. The van der Waals surface area contributed by atoms with Gasteiger partial charge in [0.1, 0.15) is 5.75 Å². The predicted octanol–water partition coefficient (Wildman–Crippen LogP) is 3.53. The highest BCUT2D eigenvalue weighted by Crippen LogP contribution is 2.34. The van der Waals surface area contributed by atoms with Crippen LogP contribution in [0.3, 0.4) is 0 Å². The third kappa shape index (κ3) is 2.56. The van der Waals surface area contributed by atoms with Crippen molar-refractivity contribution in [3.63, 3.8) is 0 Å². The first kappa shape index (κ1) is 13.9. The minimum absolute atomic E-state index is 0.317. The number of hydrogen-bond donors (Lipinski definition) is 1. The standard InChI is InChI=1S/C15H19BrN2O2/c1-20-15-7-14-11(6-13(15)16)8-18(17-14)12-4-2-10(9-19)3-5-12/h6-8,10,12,19H,2-5,9H2,1H3. The average molecular weight is 339 g/mol. The minimum Gasteiger partial charge on any atom is -0.495 e. The van der Waals surface area contributed by atoms with Gasteiger partial charge >= 0.3 is 0 Å². The van der Waals surface area contributed by atoms with Gasteiger partial charge in [0.25, 0.3) is 0 Å². The SMILES string of the molecule is COc1cc2nn(C3CCC(CO)CC3)cc2cc1Br. The summed E-state index contributed by atoms with van der Waals surface area (Å²) in [5.74, 6) is 1.29. The van der Waals surface area contributed by atoms with Gasteiger partial charge in [-0.15, -0.1) is 0 Å². The number of aliphatic hydroxyl groups is 1. The van der Waals surface area contributed by atoms with Crippen molar-refractivity contribution in [3.8, 4) is 5.75 Å². The van der Waals surface area contributed by atoms with E-state index in [0.717, 1.165) is 46.8 Å². The molecule has 0 spiro atoms. The van der Waals surface area contributed by atoms with Gasteiger partial charge in [0.05, 0.1) is 23.1 Å². The van der Waals surface area contributed by atoms with E-state index in [-0.39, 0.29) is 0 Å². The highest BCUT2D eigenvalue weighted by atomic mass is 79.9. The van der Waals surface area contributed by atoms with Crippen molar-refractivity contribution in [1.29, 1.82) is 0 Å². The van der Waals surface area contributed by atoms with Crippen molar-refractivity contribution in [2.45, 2.75) is 31.7 Å². The van der Waals surface area contributed by atoms with Gasteiger partial charge in [0.15, 0.2) is 0 Å². The molecule has 2 aromatic rings. The first-order chi connectivity index (χ1) is 9.71. The molecule has 0 saturated heterocycles. The van der Waals surface area contributed by atoms with E-state index in [1.807, 2.05) is 6.07 Å². The van der Waals surface area contributed by atoms with Crippen LogP contribution in [0.5, 0.6) is 5.75 Å². The van der Waals surface area contributed by atoms with Crippen molar-refractivity contribution >= 4 is 26.8 Å². The van der Waals surface area contributed by atoms with Gasteiger partial charge in [-0.05, 0) is 53.6 Å². The summed E-state index contributed by atoms with van der Waals surface area (Å²) < 4.78 is 8.35. The van der Waals surface area contributed by atoms with Crippen LogP contribution in [0.25, 0.3) is 10.9 Å². The highest BCUT2D eigenvalue weighted by Gasteiger charge is 2.22. The number of rotatable bonds is 3. The Morgan fingerprint density at radius 3 is 2.75 bits per heavy atom. The van der Waals surface area contributed by atoms with E-state index in [1.165, 1.54) is 0 Å². The zero-order valence-electron chi connectivity index (χ0n) is 11.6. The number of halogens is 1. The van der Waals surface area contributed by atoms with E-state index >= 15 is 0 Å². The second-order valence-corrected chi connectivity index (χ2v) is 6.37. The molecule has 4 nitrogen and oxygen atoms in total. The highest BCUT2D eigenvalue weighted by molar-refractivity contribution is 9.10. The molecule has 0 unspecified atom stereocenters. The molecule has 1 aliphatic carbocycles. The van der Waals surface area contributed by atoms with Crippen LogP contribution in [0.15, 0.2) is 22.8 Å². The van der Waals surface area contributed by atoms with Crippen molar-refractivity contribution in [2.24, 2.45) is 5.92 Å². The number of aromatic nitrogens is 2. The van der Waals surface area contributed by atoms with Gasteiger partial charge in [0.2, 0.25) is 0 Å². The molecule has 1 aliphatic rings. The van der Waals surface area contributed by atoms with E-state index < -0.39 is 0 Å². The Morgan fingerprint density at radius 2 is 2.10 bits per heavy atom. The normalized spacial score (nSPS) is 23.1. The number of hydrogen-bond acceptors (Lipinski definition) is 3. The quantitative estimate of drug-likeness (QED) is 0.931. The lowest BCUT2D eigenvalue weighted by atomic mass is 9.87. The van der Waals surface area contributed by atoms with Crippen LogP contribution in [0, 0.1) is 5.92 Å². The van der Waals surface area contributed by atoms with E-state index in [1.54, 1.807) is 7.11 Å². The minimum atomic E-state index is 0.317. The zero-order chi connectivity index (χ0) is 14.1. The number of aliphatic hydroxyl groups excluding tert-OH is 1. The summed E-state index contributed by atoms with van der Waals surface area (Å²) in [6, 6.07) is 4.47. The first-order valence-electron chi connectivity index (χ1n) is 7.04. The van der Waals surface area contributed by atoms with Gasteiger partial charge in [-0.3, -0.25) is 4.68 Å². The van der Waals surface area contributed by atoms with Crippen LogP contribution in [0.2, 0.25) is 0 Å². The van der Waals surface area contributed by atoms with E-state index in [9.17, 15) is 5.11 Å². The largest absolute Gasteiger partial charge is 0.495 e. The summed E-state index contributed by atoms with van der Waals surface area (Å²) in [4.78, 5) is 0. The lowest BCUT2D eigenvalue weighted by molar-refractivity contribution is 0.165. The molecule has 0 aliphatic heterocycles. The Hall–Kier alpha value is -1.07. The molecule has 3 rings (SSSR count). The predicted molar refractivity (Wildman–Crippen MR) is 82.1 cm³/mol. The maximum Gasteiger partial charge on any atom is 0.135 e. The molecule has 1 fully saturated rings. The molecule has 1 N–H and O–H groups in total. The van der Waals surface area contributed by atoms with Crippen LogP contribution in [-0.2, 0) is 0 Å². The van der Waals surface area contributed by atoms with Gasteiger partial charge in [-0.25, -0.2) is 0 Å². The molecular weight excluding hydrogens is 320 g/mol.